The van der Waals surface area contributed by atoms with E-state index < -0.39 is 5.97 Å². The second-order valence-electron chi connectivity index (χ2n) is 6.10. The van der Waals surface area contributed by atoms with Crippen LogP contribution in [0, 0.1) is 12.8 Å². The molecule has 1 aliphatic rings. The summed E-state index contributed by atoms with van der Waals surface area (Å²) >= 11 is 0. The number of aliphatic carboxylic acids is 1. The molecule has 0 heterocycles. The number of nitrogens with one attached hydrogen (secondary N) is 1. The lowest BCUT2D eigenvalue weighted by atomic mass is 9.85. The van der Waals surface area contributed by atoms with E-state index in [9.17, 15) is 4.79 Å². The van der Waals surface area contributed by atoms with Crippen LogP contribution in [0.1, 0.15) is 43.7 Å². The van der Waals surface area contributed by atoms with Gasteiger partial charge in [-0.1, -0.05) is 30.7 Å². The van der Waals surface area contributed by atoms with E-state index in [2.05, 4.69) is 43.4 Å². The third-order valence-corrected chi connectivity index (χ3v) is 4.33. The molecule has 2 N–H and O–H groups in total. The maximum Gasteiger partial charge on any atom is 0.306 e. The highest BCUT2D eigenvalue weighted by molar-refractivity contribution is 5.70. The Morgan fingerprint density at radius 2 is 2.15 bits per heavy atom. The Morgan fingerprint density at radius 3 is 2.85 bits per heavy atom. The third kappa shape index (κ3) is 4.07. The highest BCUT2D eigenvalue weighted by Crippen LogP contribution is 2.25. The number of aryl methyl sites for hydroxylation is 1. The summed E-state index contributed by atoms with van der Waals surface area (Å²) in [5, 5.41) is 12.8. The first-order valence-electron chi connectivity index (χ1n) is 7.59. The first-order chi connectivity index (χ1) is 9.56. The van der Waals surface area contributed by atoms with Crippen LogP contribution in [0.15, 0.2) is 24.3 Å². The van der Waals surface area contributed by atoms with E-state index in [1.165, 1.54) is 11.1 Å². The molecule has 0 amide bonds. The molecule has 3 unspecified atom stereocenters. The molecule has 1 aromatic rings. The summed E-state index contributed by atoms with van der Waals surface area (Å²) in [6, 6.07) is 9.20. The molecule has 1 aromatic carbocycles. The molecule has 1 aliphatic carbocycles. The Hall–Kier alpha value is -1.35. The predicted molar refractivity (Wildman–Crippen MR) is 80.9 cm³/mol. The lowest BCUT2D eigenvalue weighted by Gasteiger charge is -2.30. The summed E-state index contributed by atoms with van der Waals surface area (Å²) in [5.74, 6) is -0.796. The van der Waals surface area contributed by atoms with E-state index in [0.717, 1.165) is 32.1 Å². The third-order valence-electron chi connectivity index (χ3n) is 4.33. The molecule has 0 spiro atoms. The van der Waals surface area contributed by atoms with Gasteiger partial charge in [-0.15, -0.1) is 0 Å². The van der Waals surface area contributed by atoms with Gasteiger partial charge in [0.25, 0.3) is 0 Å². The van der Waals surface area contributed by atoms with E-state index in [-0.39, 0.29) is 5.92 Å². The average molecular weight is 275 g/mol. The van der Waals surface area contributed by atoms with Gasteiger partial charge in [0.05, 0.1) is 5.92 Å². The van der Waals surface area contributed by atoms with Crippen molar-refractivity contribution in [3.8, 4) is 0 Å². The summed E-state index contributed by atoms with van der Waals surface area (Å²) in [6.45, 7) is 4.33. The van der Waals surface area contributed by atoms with Crippen LogP contribution in [-0.2, 0) is 11.2 Å². The topological polar surface area (TPSA) is 49.3 Å². The van der Waals surface area contributed by atoms with Crippen molar-refractivity contribution in [3.05, 3.63) is 35.4 Å². The van der Waals surface area contributed by atoms with Gasteiger partial charge < -0.3 is 10.4 Å². The molecule has 110 valence electrons. The maximum absolute atomic E-state index is 11.1. The minimum atomic E-state index is -0.636. The lowest BCUT2D eigenvalue weighted by molar-refractivity contribution is -0.143. The fourth-order valence-corrected chi connectivity index (χ4v) is 3.20. The van der Waals surface area contributed by atoms with Gasteiger partial charge in [0, 0.05) is 12.1 Å². The van der Waals surface area contributed by atoms with Crippen molar-refractivity contribution >= 4 is 5.97 Å². The maximum atomic E-state index is 11.1. The lowest BCUT2D eigenvalue weighted by Crippen LogP contribution is -2.42. The Kier molecular flexibility index (Phi) is 5.18. The van der Waals surface area contributed by atoms with Gasteiger partial charge in [-0.2, -0.15) is 0 Å². The molecule has 3 atom stereocenters. The van der Waals surface area contributed by atoms with E-state index in [1.54, 1.807) is 0 Å². The van der Waals surface area contributed by atoms with Crippen LogP contribution < -0.4 is 5.32 Å². The molecule has 0 aromatic heterocycles. The van der Waals surface area contributed by atoms with Crippen molar-refractivity contribution in [2.45, 2.75) is 58.0 Å². The summed E-state index contributed by atoms with van der Waals surface area (Å²) in [6.07, 6.45) is 4.72. The van der Waals surface area contributed by atoms with Crippen LogP contribution in [0.2, 0.25) is 0 Å². The zero-order valence-electron chi connectivity index (χ0n) is 12.4. The van der Waals surface area contributed by atoms with E-state index in [1.807, 2.05) is 0 Å². The molecule has 1 saturated carbocycles. The molecular formula is C17H25NO2. The summed E-state index contributed by atoms with van der Waals surface area (Å²) in [4.78, 5) is 11.1. The molecule has 3 heteroatoms. The number of carboxylic acids is 1. The Morgan fingerprint density at radius 1 is 1.40 bits per heavy atom. The minimum Gasteiger partial charge on any atom is -0.481 e. The monoisotopic (exact) mass is 275 g/mol. The van der Waals surface area contributed by atoms with Crippen molar-refractivity contribution in [3.63, 3.8) is 0 Å². The summed E-state index contributed by atoms with van der Waals surface area (Å²) in [7, 11) is 0. The molecule has 0 saturated heterocycles. The van der Waals surface area contributed by atoms with Crippen molar-refractivity contribution in [2.24, 2.45) is 5.92 Å². The smallest absolute Gasteiger partial charge is 0.306 e. The molecule has 20 heavy (non-hydrogen) atoms. The number of rotatable bonds is 5. The minimum absolute atomic E-state index is 0.160. The zero-order chi connectivity index (χ0) is 14.5. The van der Waals surface area contributed by atoms with E-state index in [0.29, 0.717) is 12.1 Å². The Balaban J connectivity index is 1.86. The zero-order valence-corrected chi connectivity index (χ0v) is 12.4. The second kappa shape index (κ2) is 6.89. The quantitative estimate of drug-likeness (QED) is 0.868. The van der Waals surface area contributed by atoms with Gasteiger partial charge in [0.15, 0.2) is 0 Å². The standard InChI is InChI=1S/C17H25NO2/c1-12-6-3-4-7-14(12)10-13(2)18-16-9-5-8-15(11-16)17(19)20/h3-4,6-7,13,15-16,18H,5,8-11H2,1-2H3,(H,19,20). The van der Waals surface area contributed by atoms with Gasteiger partial charge in [-0.25, -0.2) is 0 Å². The fraction of sp³-hybridized carbons (Fsp3) is 0.588. The summed E-state index contributed by atoms with van der Waals surface area (Å²) < 4.78 is 0. The normalized spacial score (nSPS) is 24.3. The highest BCUT2D eigenvalue weighted by atomic mass is 16.4. The molecule has 3 nitrogen and oxygen atoms in total. The van der Waals surface area contributed by atoms with Crippen LogP contribution in [0.4, 0.5) is 0 Å². The predicted octanol–water partition coefficient (Wildman–Crippen LogP) is 3.16. The fourth-order valence-electron chi connectivity index (χ4n) is 3.20. The van der Waals surface area contributed by atoms with Gasteiger partial charge in [0.1, 0.15) is 0 Å². The van der Waals surface area contributed by atoms with Crippen LogP contribution in [0.25, 0.3) is 0 Å². The number of hydrogen-bond acceptors (Lipinski definition) is 2. The van der Waals surface area contributed by atoms with Gasteiger partial charge in [0.2, 0.25) is 0 Å². The van der Waals surface area contributed by atoms with Crippen LogP contribution in [0.5, 0.6) is 0 Å². The van der Waals surface area contributed by atoms with Gasteiger partial charge in [-0.05, 0) is 50.7 Å². The SMILES string of the molecule is Cc1ccccc1CC(C)NC1CCCC(C(=O)O)C1. The van der Waals surface area contributed by atoms with E-state index in [4.69, 9.17) is 5.11 Å². The second-order valence-corrected chi connectivity index (χ2v) is 6.10. The molecule has 1 fully saturated rings. The van der Waals surface area contributed by atoms with E-state index >= 15 is 0 Å². The summed E-state index contributed by atoms with van der Waals surface area (Å²) in [5.41, 5.74) is 2.70. The average Bonchev–Trinajstić information content (AvgIpc) is 2.41. The van der Waals surface area contributed by atoms with Crippen molar-refractivity contribution in [1.82, 2.24) is 5.32 Å². The Labute approximate surface area is 121 Å². The van der Waals surface area contributed by atoms with Crippen molar-refractivity contribution < 1.29 is 9.90 Å². The van der Waals surface area contributed by atoms with Crippen LogP contribution in [-0.4, -0.2) is 23.2 Å². The number of hydrogen-bond donors (Lipinski definition) is 2. The molecule has 0 radical (unpaired) electrons. The molecular weight excluding hydrogens is 250 g/mol. The van der Waals surface area contributed by atoms with Crippen LogP contribution in [0.3, 0.4) is 0 Å². The van der Waals surface area contributed by atoms with Crippen LogP contribution >= 0.6 is 0 Å². The number of benzene rings is 1. The number of carbonyl (C=O) groups is 1. The molecule has 0 bridgehead atoms. The molecule has 0 aliphatic heterocycles. The first kappa shape index (κ1) is 15.0. The van der Waals surface area contributed by atoms with Crippen molar-refractivity contribution in [2.75, 3.05) is 0 Å². The highest BCUT2D eigenvalue weighted by Gasteiger charge is 2.27. The largest absolute Gasteiger partial charge is 0.481 e. The molecule has 2 rings (SSSR count). The first-order valence-corrected chi connectivity index (χ1v) is 7.59. The van der Waals surface area contributed by atoms with Gasteiger partial charge in [-0.3, -0.25) is 4.79 Å². The number of carboxylic acid groups (broad SMARTS) is 1. The van der Waals surface area contributed by atoms with Crippen molar-refractivity contribution in [1.29, 1.82) is 0 Å². The Bertz CT molecular complexity index is 458. The van der Waals surface area contributed by atoms with Gasteiger partial charge >= 0.3 is 5.97 Å².